The van der Waals surface area contributed by atoms with E-state index in [4.69, 9.17) is 21.1 Å². The lowest BCUT2D eigenvalue weighted by molar-refractivity contribution is -0.141. The standard InChI is InChI=1S/C33H41ClN2O4/c1-6-39-29-19-15-25(22-30(29)40-7-2)16-20-31(37)36(23-26-13-17-27(34)18-14-26)28(32(38)35-33(3,4)5)21-24-11-9-8-10-12-24/h8-15,17-19,22,28H,6-7,16,20-21,23H2,1-5H3,(H,35,38)/t28-/m0/s1. The molecule has 3 rings (SSSR count). The fourth-order valence-corrected chi connectivity index (χ4v) is 4.57. The quantitative estimate of drug-likeness (QED) is 0.253. The predicted molar refractivity (Wildman–Crippen MR) is 161 cm³/mol. The Kier molecular flexibility index (Phi) is 11.4. The van der Waals surface area contributed by atoms with Gasteiger partial charge < -0.3 is 19.7 Å². The monoisotopic (exact) mass is 564 g/mol. The molecule has 0 saturated carbocycles. The minimum Gasteiger partial charge on any atom is -0.490 e. The summed E-state index contributed by atoms with van der Waals surface area (Å²) in [5.41, 5.74) is 2.40. The predicted octanol–water partition coefficient (Wildman–Crippen LogP) is 6.62. The first kappa shape index (κ1) is 31.0. The van der Waals surface area contributed by atoms with E-state index in [1.165, 1.54) is 0 Å². The Morgan fingerprint density at radius 3 is 2.10 bits per heavy atom. The third-order valence-corrected chi connectivity index (χ3v) is 6.52. The first-order chi connectivity index (χ1) is 19.1. The average molecular weight is 565 g/mol. The number of rotatable bonds is 13. The van der Waals surface area contributed by atoms with Gasteiger partial charge in [-0.15, -0.1) is 0 Å². The third kappa shape index (κ3) is 9.60. The number of ether oxygens (including phenoxy) is 2. The van der Waals surface area contributed by atoms with Gasteiger partial charge in [-0.2, -0.15) is 0 Å². The molecule has 0 bridgehead atoms. The van der Waals surface area contributed by atoms with E-state index in [0.717, 1.165) is 16.7 Å². The highest BCUT2D eigenvalue weighted by Gasteiger charge is 2.32. The van der Waals surface area contributed by atoms with Crippen molar-refractivity contribution in [1.82, 2.24) is 10.2 Å². The molecule has 7 heteroatoms. The van der Waals surface area contributed by atoms with Crippen LogP contribution >= 0.6 is 11.6 Å². The van der Waals surface area contributed by atoms with Crippen molar-refractivity contribution < 1.29 is 19.1 Å². The van der Waals surface area contributed by atoms with Crippen molar-refractivity contribution in [3.63, 3.8) is 0 Å². The summed E-state index contributed by atoms with van der Waals surface area (Å²) in [6.45, 7) is 11.0. The minimum atomic E-state index is -0.691. The zero-order valence-corrected chi connectivity index (χ0v) is 25.0. The Morgan fingerprint density at radius 2 is 1.48 bits per heavy atom. The van der Waals surface area contributed by atoms with Crippen LogP contribution in [0.2, 0.25) is 5.02 Å². The first-order valence-electron chi connectivity index (χ1n) is 13.9. The van der Waals surface area contributed by atoms with Crippen LogP contribution < -0.4 is 14.8 Å². The van der Waals surface area contributed by atoms with Gasteiger partial charge in [-0.1, -0.05) is 60.1 Å². The second-order valence-corrected chi connectivity index (χ2v) is 11.2. The largest absolute Gasteiger partial charge is 0.490 e. The Bertz CT molecular complexity index is 1240. The SMILES string of the molecule is CCOc1ccc(CCC(=O)N(Cc2ccc(Cl)cc2)[C@@H](Cc2ccccc2)C(=O)NC(C)(C)C)cc1OCC. The van der Waals surface area contributed by atoms with E-state index in [1.807, 2.05) is 95.3 Å². The molecule has 214 valence electrons. The van der Waals surface area contributed by atoms with Crippen molar-refractivity contribution in [2.24, 2.45) is 0 Å². The molecular weight excluding hydrogens is 524 g/mol. The van der Waals surface area contributed by atoms with Crippen molar-refractivity contribution in [3.8, 4) is 11.5 Å². The van der Waals surface area contributed by atoms with Crippen LogP contribution in [0.15, 0.2) is 72.8 Å². The second-order valence-electron chi connectivity index (χ2n) is 10.7. The van der Waals surface area contributed by atoms with Gasteiger partial charge in [-0.25, -0.2) is 0 Å². The number of carbonyl (C=O) groups excluding carboxylic acids is 2. The van der Waals surface area contributed by atoms with Crippen LogP contribution in [-0.2, 0) is 29.0 Å². The molecule has 0 heterocycles. The molecule has 0 aliphatic rings. The zero-order valence-electron chi connectivity index (χ0n) is 24.2. The molecule has 0 saturated heterocycles. The van der Waals surface area contributed by atoms with E-state index >= 15 is 0 Å². The van der Waals surface area contributed by atoms with Crippen LogP contribution in [0.3, 0.4) is 0 Å². The molecule has 1 N–H and O–H groups in total. The summed E-state index contributed by atoms with van der Waals surface area (Å²) in [7, 11) is 0. The summed E-state index contributed by atoms with van der Waals surface area (Å²) in [4.78, 5) is 29.3. The maximum atomic E-state index is 13.9. The topological polar surface area (TPSA) is 67.9 Å². The van der Waals surface area contributed by atoms with E-state index in [-0.39, 0.29) is 18.2 Å². The highest BCUT2D eigenvalue weighted by Crippen LogP contribution is 2.29. The summed E-state index contributed by atoms with van der Waals surface area (Å²) in [6.07, 6.45) is 1.14. The summed E-state index contributed by atoms with van der Waals surface area (Å²) in [5, 5.41) is 3.72. The van der Waals surface area contributed by atoms with Gasteiger partial charge in [0.05, 0.1) is 13.2 Å². The van der Waals surface area contributed by atoms with Crippen LogP contribution in [0.4, 0.5) is 0 Å². The molecular formula is C33H41ClN2O4. The molecule has 0 aromatic heterocycles. The van der Waals surface area contributed by atoms with Crippen LogP contribution in [0.1, 0.15) is 57.7 Å². The van der Waals surface area contributed by atoms with E-state index in [1.54, 1.807) is 17.0 Å². The first-order valence-corrected chi connectivity index (χ1v) is 14.3. The van der Waals surface area contributed by atoms with Gasteiger partial charge in [-0.05, 0) is 82.0 Å². The molecule has 0 aliphatic carbocycles. The Hall–Kier alpha value is -3.51. The summed E-state index contributed by atoms with van der Waals surface area (Å²) in [5.74, 6) is 1.06. The normalized spacial score (nSPS) is 11.9. The fourth-order valence-electron chi connectivity index (χ4n) is 4.44. The molecule has 6 nitrogen and oxygen atoms in total. The van der Waals surface area contributed by atoms with E-state index in [2.05, 4.69) is 5.32 Å². The van der Waals surface area contributed by atoms with Crippen molar-refractivity contribution in [2.45, 2.75) is 72.0 Å². The van der Waals surface area contributed by atoms with Gasteiger partial charge >= 0.3 is 0 Å². The van der Waals surface area contributed by atoms with Gasteiger partial charge in [0.25, 0.3) is 0 Å². The van der Waals surface area contributed by atoms with E-state index < -0.39 is 11.6 Å². The second kappa shape index (κ2) is 14.8. The molecule has 3 aromatic rings. The van der Waals surface area contributed by atoms with Crippen LogP contribution in [0, 0.1) is 0 Å². The average Bonchev–Trinajstić information content (AvgIpc) is 2.91. The Morgan fingerprint density at radius 1 is 0.850 bits per heavy atom. The lowest BCUT2D eigenvalue weighted by Gasteiger charge is -2.34. The number of carbonyl (C=O) groups is 2. The van der Waals surface area contributed by atoms with Crippen LogP contribution in [0.5, 0.6) is 11.5 Å². The maximum absolute atomic E-state index is 13.9. The number of nitrogens with one attached hydrogen (secondary N) is 1. The van der Waals surface area contributed by atoms with Crippen molar-refractivity contribution in [3.05, 3.63) is 94.5 Å². The van der Waals surface area contributed by atoms with Gasteiger partial charge in [0.1, 0.15) is 6.04 Å². The molecule has 0 fully saturated rings. The molecule has 2 amide bonds. The lowest BCUT2D eigenvalue weighted by Crippen LogP contribution is -2.54. The van der Waals surface area contributed by atoms with Gasteiger partial charge in [0.15, 0.2) is 11.5 Å². The molecule has 0 radical (unpaired) electrons. The molecule has 0 unspecified atom stereocenters. The van der Waals surface area contributed by atoms with Gasteiger partial charge in [-0.3, -0.25) is 9.59 Å². The van der Waals surface area contributed by atoms with Crippen molar-refractivity contribution in [1.29, 1.82) is 0 Å². The Balaban J connectivity index is 1.91. The molecule has 1 atom stereocenters. The van der Waals surface area contributed by atoms with Crippen molar-refractivity contribution in [2.75, 3.05) is 13.2 Å². The molecule has 0 aliphatic heterocycles. The number of hydrogen-bond donors (Lipinski definition) is 1. The van der Waals surface area contributed by atoms with Crippen molar-refractivity contribution >= 4 is 23.4 Å². The summed E-state index contributed by atoms with van der Waals surface area (Å²) < 4.78 is 11.5. The lowest BCUT2D eigenvalue weighted by atomic mass is 9.99. The number of amides is 2. The number of hydrogen-bond acceptors (Lipinski definition) is 4. The maximum Gasteiger partial charge on any atom is 0.243 e. The number of aryl methyl sites for hydroxylation is 1. The van der Waals surface area contributed by atoms with Gasteiger partial charge in [0, 0.05) is 29.9 Å². The molecule has 3 aromatic carbocycles. The molecule has 0 spiro atoms. The summed E-state index contributed by atoms with van der Waals surface area (Å²) in [6, 6.07) is 22.3. The smallest absolute Gasteiger partial charge is 0.243 e. The summed E-state index contributed by atoms with van der Waals surface area (Å²) >= 11 is 6.12. The number of halogens is 1. The number of benzene rings is 3. The van der Waals surface area contributed by atoms with Crippen LogP contribution in [0.25, 0.3) is 0 Å². The van der Waals surface area contributed by atoms with Crippen LogP contribution in [-0.4, -0.2) is 41.5 Å². The Labute approximate surface area is 243 Å². The van der Waals surface area contributed by atoms with E-state index in [9.17, 15) is 9.59 Å². The third-order valence-electron chi connectivity index (χ3n) is 6.27. The zero-order chi connectivity index (χ0) is 29.1. The highest BCUT2D eigenvalue weighted by atomic mass is 35.5. The minimum absolute atomic E-state index is 0.105. The fraction of sp³-hybridized carbons (Fsp3) is 0.394. The van der Waals surface area contributed by atoms with E-state index in [0.29, 0.717) is 49.1 Å². The highest BCUT2D eigenvalue weighted by molar-refractivity contribution is 6.30. The number of nitrogens with zero attached hydrogens (tertiary/aromatic N) is 1. The van der Waals surface area contributed by atoms with Gasteiger partial charge in [0.2, 0.25) is 11.8 Å². The molecule has 40 heavy (non-hydrogen) atoms.